The third-order valence-electron chi connectivity index (χ3n) is 3.38. The number of rotatable bonds is 2. The summed E-state index contributed by atoms with van der Waals surface area (Å²) in [6.45, 7) is 1.30. The monoisotopic (exact) mass is 269 g/mol. The third-order valence-corrected chi connectivity index (χ3v) is 3.38. The van der Waals surface area contributed by atoms with Gasteiger partial charge in [0, 0.05) is 12.8 Å². The topological polar surface area (TPSA) is 88.7 Å². The summed E-state index contributed by atoms with van der Waals surface area (Å²) in [6, 6.07) is 7.64. The van der Waals surface area contributed by atoms with Crippen molar-refractivity contribution < 1.29 is 4.74 Å². The highest BCUT2D eigenvalue weighted by atomic mass is 16.5. The Morgan fingerprint density at radius 3 is 3.20 bits per heavy atom. The number of ether oxygens (including phenoxy) is 1. The van der Waals surface area contributed by atoms with Gasteiger partial charge in [-0.2, -0.15) is 5.26 Å². The van der Waals surface area contributed by atoms with Crippen LogP contribution in [0.3, 0.4) is 0 Å². The summed E-state index contributed by atoms with van der Waals surface area (Å²) in [5.41, 5.74) is 7.41. The number of nitriles is 1. The van der Waals surface area contributed by atoms with Gasteiger partial charge in [-0.3, -0.25) is 9.39 Å². The molecule has 3 rings (SSSR count). The van der Waals surface area contributed by atoms with Crippen molar-refractivity contribution >= 4 is 11.5 Å². The quantitative estimate of drug-likeness (QED) is 0.876. The zero-order chi connectivity index (χ0) is 13.9. The third kappa shape index (κ3) is 2.24. The number of aromatic nitrogens is 2. The maximum atomic E-state index is 9.28. The second kappa shape index (κ2) is 5.31. The predicted octanol–water partition coefficient (Wildman–Crippen LogP) is 0.868. The van der Waals surface area contributed by atoms with Crippen LogP contribution in [0.15, 0.2) is 29.4 Å². The van der Waals surface area contributed by atoms with Crippen molar-refractivity contribution in [2.75, 3.05) is 18.9 Å². The van der Waals surface area contributed by atoms with Gasteiger partial charge in [0.25, 0.3) is 0 Å². The van der Waals surface area contributed by atoms with Gasteiger partial charge in [-0.05, 0) is 25.0 Å². The molecule has 1 saturated heterocycles. The molecule has 3 heterocycles. The van der Waals surface area contributed by atoms with Crippen LogP contribution in [-0.4, -0.2) is 28.6 Å². The molecule has 0 radical (unpaired) electrons. The van der Waals surface area contributed by atoms with Crippen molar-refractivity contribution in [3.05, 3.63) is 35.4 Å². The minimum Gasteiger partial charge on any atom is -0.384 e. The van der Waals surface area contributed by atoms with Crippen LogP contribution in [0.2, 0.25) is 0 Å². The molecule has 1 aliphatic rings. The second-order valence-electron chi connectivity index (χ2n) is 4.71. The van der Waals surface area contributed by atoms with Crippen LogP contribution in [0.4, 0.5) is 5.82 Å². The van der Waals surface area contributed by atoms with E-state index in [1.165, 1.54) is 0 Å². The van der Waals surface area contributed by atoms with Gasteiger partial charge in [-0.25, -0.2) is 4.98 Å². The molecule has 1 fully saturated rings. The van der Waals surface area contributed by atoms with E-state index in [2.05, 4.69) is 16.0 Å². The molecule has 102 valence electrons. The second-order valence-corrected chi connectivity index (χ2v) is 4.71. The van der Waals surface area contributed by atoms with Crippen LogP contribution >= 0.6 is 0 Å². The average Bonchev–Trinajstić information content (AvgIpc) is 2.99. The van der Waals surface area contributed by atoms with E-state index in [9.17, 15) is 5.26 Å². The number of anilines is 1. The van der Waals surface area contributed by atoms with E-state index in [4.69, 9.17) is 10.5 Å². The minimum absolute atomic E-state index is 0.128. The maximum Gasteiger partial charge on any atom is 0.171 e. The molecule has 1 atom stereocenters. The van der Waals surface area contributed by atoms with Gasteiger partial charge < -0.3 is 10.5 Å². The highest BCUT2D eigenvalue weighted by Gasteiger charge is 2.15. The first-order chi connectivity index (χ1) is 9.79. The van der Waals surface area contributed by atoms with E-state index in [1.807, 2.05) is 18.2 Å². The van der Waals surface area contributed by atoms with Crippen LogP contribution in [0.1, 0.15) is 18.4 Å². The lowest BCUT2D eigenvalue weighted by atomic mass is 10.2. The van der Waals surface area contributed by atoms with Gasteiger partial charge in [0.05, 0.1) is 12.6 Å². The number of fused-ring (bicyclic) bond motifs is 1. The van der Waals surface area contributed by atoms with Crippen LogP contribution in [-0.2, 0) is 4.74 Å². The van der Waals surface area contributed by atoms with E-state index in [-0.39, 0.29) is 6.10 Å². The van der Waals surface area contributed by atoms with Gasteiger partial charge in [-0.15, -0.1) is 0 Å². The number of hydrogen-bond donors (Lipinski definition) is 1. The Bertz CT molecular complexity index is 737. The molecule has 0 spiro atoms. The molecule has 20 heavy (non-hydrogen) atoms. The fourth-order valence-electron chi connectivity index (χ4n) is 2.33. The molecule has 6 heteroatoms. The summed E-state index contributed by atoms with van der Waals surface area (Å²) in [7, 11) is 0. The van der Waals surface area contributed by atoms with Gasteiger partial charge in [-0.1, -0.05) is 6.07 Å². The van der Waals surface area contributed by atoms with Crippen molar-refractivity contribution in [3.63, 3.8) is 0 Å². The first-order valence-electron chi connectivity index (χ1n) is 6.58. The van der Waals surface area contributed by atoms with Crippen LogP contribution in [0, 0.1) is 11.3 Å². The van der Waals surface area contributed by atoms with Crippen LogP contribution < -0.4 is 11.2 Å². The summed E-state index contributed by atoms with van der Waals surface area (Å²) in [5, 5.41) is 9.28. The Kier molecular flexibility index (Phi) is 3.35. The highest BCUT2D eigenvalue weighted by Crippen LogP contribution is 2.12. The first-order valence-corrected chi connectivity index (χ1v) is 6.58. The smallest absolute Gasteiger partial charge is 0.171 e. The van der Waals surface area contributed by atoms with Crippen LogP contribution in [0.5, 0.6) is 0 Å². The SMILES string of the molecule is N#Cc1c(N)n2ccccc2nc1=NC[C@H]1CCCO1. The lowest BCUT2D eigenvalue weighted by molar-refractivity contribution is 0.117. The van der Waals surface area contributed by atoms with Gasteiger partial charge in [0.1, 0.15) is 23.1 Å². The lowest BCUT2D eigenvalue weighted by Gasteiger charge is -2.07. The summed E-state index contributed by atoms with van der Waals surface area (Å²) in [5.74, 6) is 0.365. The molecule has 0 amide bonds. The molecule has 1 aliphatic heterocycles. The number of nitrogens with two attached hydrogens (primary N) is 1. The number of nitrogens with zero attached hydrogens (tertiary/aromatic N) is 4. The molecule has 2 N–H and O–H groups in total. The van der Waals surface area contributed by atoms with Crippen molar-refractivity contribution in [1.29, 1.82) is 5.26 Å². The molecule has 2 aromatic heterocycles. The molecule has 6 nitrogen and oxygen atoms in total. The van der Waals surface area contributed by atoms with Gasteiger partial charge in [0.2, 0.25) is 0 Å². The molecular weight excluding hydrogens is 254 g/mol. The molecule has 0 aliphatic carbocycles. The maximum absolute atomic E-state index is 9.28. The molecule has 0 aromatic carbocycles. The van der Waals surface area contributed by atoms with E-state index in [0.29, 0.717) is 29.1 Å². The van der Waals surface area contributed by atoms with E-state index in [0.717, 1.165) is 19.4 Å². The Labute approximate surface area is 116 Å². The minimum atomic E-state index is 0.128. The Hall–Kier alpha value is -2.39. The van der Waals surface area contributed by atoms with E-state index < -0.39 is 0 Å². The fraction of sp³-hybridized carbons (Fsp3) is 0.357. The first kappa shape index (κ1) is 12.6. The molecule has 0 saturated carbocycles. The Balaban J connectivity index is 2.09. The summed E-state index contributed by atoms with van der Waals surface area (Å²) in [6.07, 6.45) is 3.98. The number of nitrogen functional groups attached to an aromatic ring is 1. The Morgan fingerprint density at radius 1 is 1.55 bits per heavy atom. The van der Waals surface area contributed by atoms with E-state index in [1.54, 1.807) is 10.6 Å². The van der Waals surface area contributed by atoms with Crippen molar-refractivity contribution in [2.45, 2.75) is 18.9 Å². The molecular formula is C14H15N5O. The molecule has 0 bridgehead atoms. The molecule has 0 unspecified atom stereocenters. The van der Waals surface area contributed by atoms with Crippen molar-refractivity contribution in [3.8, 4) is 6.07 Å². The Morgan fingerprint density at radius 2 is 2.45 bits per heavy atom. The molecule has 2 aromatic rings. The zero-order valence-electron chi connectivity index (χ0n) is 11.0. The highest BCUT2D eigenvalue weighted by molar-refractivity contribution is 5.54. The lowest BCUT2D eigenvalue weighted by Crippen LogP contribution is -2.21. The van der Waals surface area contributed by atoms with Crippen molar-refractivity contribution in [2.24, 2.45) is 4.99 Å². The fourth-order valence-corrected chi connectivity index (χ4v) is 2.33. The number of hydrogen-bond acceptors (Lipinski definition) is 5. The van der Waals surface area contributed by atoms with Crippen molar-refractivity contribution in [1.82, 2.24) is 9.38 Å². The normalized spacial score (nSPS) is 19.4. The zero-order valence-corrected chi connectivity index (χ0v) is 11.0. The number of pyridine rings is 1. The summed E-state index contributed by atoms with van der Waals surface area (Å²) >= 11 is 0. The van der Waals surface area contributed by atoms with Crippen LogP contribution in [0.25, 0.3) is 5.65 Å². The predicted molar refractivity (Wildman–Crippen MR) is 73.7 cm³/mol. The van der Waals surface area contributed by atoms with E-state index >= 15 is 0 Å². The standard InChI is InChI=1S/C14H15N5O/c15-8-11-13(16)19-6-2-1-5-12(19)18-14(11)17-9-10-4-3-7-20-10/h1-2,5-6,10H,3-4,7,9,16H2/t10-/m1/s1. The average molecular weight is 269 g/mol. The van der Waals surface area contributed by atoms with Gasteiger partial charge in [0.15, 0.2) is 5.49 Å². The summed E-state index contributed by atoms with van der Waals surface area (Å²) in [4.78, 5) is 8.82. The van der Waals surface area contributed by atoms with Gasteiger partial charge >= 0.3 is 0 Å². The summed E-state index contributed by atoms with van der Waals surface area (Å²) < 4.78 is 7.21. The largest absolute Gasteiger partial charge is 0.384 e.